The molecule has 1 saturated carbocycles. The number of benzene rings is 6. The number of nitrogens with one attached hydrogen (secondary N) is 9. The molecule has 15 aromatic rings. The SMILES string of the molecule is CC[C@@H](C)Oc1nc(Nc2ccc(C(=O)NC)cc2OC)nc2[nH]cc(-c3ccc4nc(C)oc4c3)c12.CC[C@H](C)Oc1nc(Nc2ccc(C(=O)NC)cc2OC)nc2[nH]cc(-c3ccc4nc(C)oc4c3)c12.CNC(=O)c1ccc(Nc2nc(OC3CCC(C)(O)CC3)c3c(-c4ccc5nc(C)oc5c4)c[nH]c3n2)c(OC)c1. The van der Waals surface area contributed by atoms with Crippen molar-refractivity contribution in [2.24, 2.45) is 0 Å². The van der Waals surface area contributed by atoms with E-state index in [-0.39, 0.29) is 36.0 Å². The van der Waals surface area contributed by atoms with Gasteiger partial charge in [0, 0.05) is 93.9 Å². The van der Waals surface area contributed by atoms with Crippen LogP contribution in [0.4, 0.5) is 34.9 Å². The highest BCUT2D eigenvalue weighted by Gasteiger charge is 2.32. The molecule has 31 nitrogen and oxygen atoms in total. The third kappa shape index (κ3) is 16.9. The van der Waals surface area contributed by atoms with E-state index in [1.807, 2.05) is 115 Å². The monoisotopic (exact) mass is 1560 g/mol. The topological polar surface area (TPSA) is 402 Å². The van der Waals surface area contributed by atoms with E-state index < -0.39 is 5.60 Å². The van der Waals surface area contributed by atoms with Crippen LogP contribution in [0, 0.1) is 20.8 Å². The first-order valence-corrected chi connectivity index (χ1v) is 37.6. The Morgan fingerprint density at radius 3 is 1.10 bits per heavy atom. The van der Waals surface area contributed by atoms with Crippen molar-refractivity contribution in [1.29, 1.82) is 0 Å². The number of carbonyl (C=O) groups excluding carboxylic acids is 3. The zero-order valence-corrected chi connectivity index (χ0v) is 66.0. The molecule has 1 aliphatic carbocycles. The molecule has 0 saturated heterocycles. The molecular formula is C84H88N18O13. The average Bonchev–Trinajstić information content (AvgIpc) is 1.65. The number of nitrogens with zero attached hydrogens (tertiary/aromatic N) is 9. The molecule has 0 spiro atoms. The molecule has 1 aliphatic rings. The van der Waals surface area contributed by atoms with Crippen LogP contribution in [0.1, 0.15) is 122 Å². The first-order valence-electron chi connectivity index (χ1n) is 37.6. The summed E-state index contributed by atoms with van der Waals surface area (Å²) in [5, 5.41) is 30.2. The number of aliphatic hydroxyl groups is 1. The van der Waals surface area contributed by atoms with Gasteiger partial charge in [0.15, 0.2) is 34.4 Å². The molecule has 9 aromatic heterocycles. The molecule has 0 radical (unpaired) electrons. The lowest BCUT2D eigenvalue weighted by Gasteiger charge is -2.33. The van der Waals surface area contributed by atoms with E-state index in [0.717, 1.165) is 78.9 Å². The number of carbonyl (C=O) groups is 3. The Bertz CT molecular complexity index is 5890. The molecule has 0 aliphatic heterocycles. The van der Waals surface area contributed by atoms with Gasteiger partial charge in [0.1, 0.15) is 56.8 Å². The second-order valence-corrected chi connectivity index (χ2v) is 27.9. The van der Waals surface area contributed by atoms with Crippen LogP contribution < -0.4 is 60.3 Å². The van der Waals surface area contributed by atoms with E-state index >= 15 is 0 Å². The maximum Gasteiger partial charge on any atom is 0.251 e. The lowest BCUT2D eigenvalue weighted by atomic mass is 9.85. The Morgan fingerprint density at radius 2 is 0.791 bits per heavy atom. The van der Waals surface area contributed by atoms with Crippen molar-refractivity contribution in [3.63, 3.8) is 0 Å². The first-order chi connectivity index (χ1) is 55.5. The van der Waals surface area contributed by atoms with Gasteiger partial charge in [-0.3, -0.25) is 14.4 Å². The van der Waals surface area contributed by atoms with Gasteiger partial charge in [-0.05, 0) is 167 Å². The van der Waals surface area contributed by atoms with Crippen LogP contribution in [0.15, 0.2) is 141 Å². The number of aryl methyl sites for hydroxylation is 3. The number of hydrogen-bond acceptors (Lipinski definition) is 25. The minimum Gasteiger partial charge on any atom is -0.495 e. The number of aromatic amines is 3. The van der Waals surface area contributed by atoms with E-state index in [1.165, 1.54) is 7.11 Å². The quantitative estimate of drug-likeness (QED) is 0.0284. The number of methoxy groups -OCH3 is 3. The highest BCUT2D eigenvalue weighted by Crippen LogP contribution is 2.43. The fraction of sp³-hybridized carbons (Fsp3) is 0.286. The zero-order valence-electron chi connectivity index (χ0n) is 66.0. The van der Waals surface area contributed by atoms with Crippen molar-refractivity contribution in [1.82, 2.24) is 75.8 Å². The van der Waals surface area contributed by atoms with E-state index in [2.05, 4.69) is 75.7 Å². The minimum atomic E-state index is -0.686. The van der Waals surface area contributed by atoms with E-state index in [4.69, 9.17) is 71.6 Å². The van der Waals surface area contributed by atoms with Crippen LogP contribution in [0.3, 0.4) is 0 Å². The largest absolute Gasteiger partial charge is 0.495 e. The number of oxazole rings is 3. The molecule has 31 heteroatoms. The number of aromatic nitrogens is 12. The van der Waals surface area contributed by atoms with Crippen LogP contribution >= 0.6 is 0 Å². The lowest BCUT2D eigenvalue weighted by Crippen LogP contribution is -2.35. The highest BCUT2D eigenvalue weighted by molar-refractivity contribution is 6.03. The number of fused-ring (bicyclic) bond motifs is 6. The fourth-order valence-electron chi connectivity index (χ4n) is 13.4. The van der Waals surface area contributed by atoms with Crippen molar-refractivity contribution in [2.45, 2.75) is 118 Å². The summed E-state index contributed by atoms with van der Waals surface area (Å²) in [4.78, 5) is 87.5. The maximum atomic E-state index is 12.1. The Morgan fingerprint density at radius 1 is 0.470 bits per heavy atom. The summed E-state index contributed by atoms with van der Waals surface area (Å²) >= 11 is 0. The molecule has 9 heterocycles. The number of rotatable bonds is 23. The van der Waals surface area contributed by atoms with Gasteiger partial charge in [-0.15, -0.1) is 0 Å². The summed E-state index contributed by atoms with van der Waals surface area (Å²) in [6.07, 6.45) is 9.75. The van der Waals surface area contributed by atoms with Crippen LogP contribution in [0.2, 0.25) is 0 Å². The van der Waals surface area contributed by atoms with E-state index in [0.29, 0.717) is 164 Å². The highest BCUT2D eigenvalue weighted by atomic mass is 16.5. The number of hydrogen-bond donors (Lipinski definition) is 10. The van der Waals surface area contributed by atoms with E-state index in [9.17, 15) is 19.5 Å². The van der Waals surface area contributed by atoms with Gasteiger partial charge >= 0.3 is 0 Å². The molecule has 1 fully saturated rings. The number of H-pyrrole nitrogens is 3. The molecular weight excluding hydrogens is 1470 g/mol. The normalized spacial score (nSPS) is 14.5. The summed E-state index contributed by atoms with van der Waals surface area (Å²) in [6, 6.07) is 32.9. The van der Waals surface area contributed by atoms with Gasteiger partial charge in [0.25, 0.3) is 17.7 Å². The van der Waals surface area contributed by atoms with Gasteiger partial charge in [-0.1, -0.05) is 32.0 Å². The van der Waals surface area contributed by atoms with Crippen LogP contribution in [0.25, 0.3) is 99.8 Å². The fourth-order valence-corrected chi connectivity index (χ4v) is 13.4. The first kappa shape index (κ1) is 77.9. The number of ether oxygens (including phenoxy) is 6. The lowest BCUT2D eigenvalue weighted by molar-refractivity contribution is -0.0114. The van der Waals surface area contributed by atoms with Gasteiger partial charge in [0.2, 0.25) is 35.5 Å². The summed E-state index contributed by atoms with van der Waals surface area (Å²) in [6.45, 7) is 15.4. The molecule has 10 N–H and O–H groups in total. The van der Waals surface area contributed by atoms with Gasteiger partial charge in [-0.2, -0.15) is 29.9 Å². The van der Waals surface area contributed by atoms with Crippen molar-refractivity contribution in [3.05, 3.63) is 162 Å². The summed E-state index contributed by atoms with van der Waals surface area (Å²) in [5.74, 6) is 4.93. The summed E-state index contributed by atoms with van der Waals surface area (Å²) in [5.41, 5.74) is 14.3. The molecule has 0 unspecified atom stereocenters. The molecule has 16 rings (SSSR count). The van der Waals surface area contributed by atoms with Crippen LogP contribution in [-0.2, 0) is 0 Å². The Balaban J connectivity index is 0.000000143. The van der Waals surface area contributed by atoms with Crippen molar-refractivity contribution in [2.75, 3.05) is 58.4 Å². The molecule has 2 atom stereocenters. The Kier molecular flexibility index (Phi) is 22.5. The molecule has 592 valence electrons. The van der Waals surface area contributed by atoms with Gasteiger partial charge < -0.3 is 93.6 Å². The second-order valence-electron chi connectivity index (χ2n) is 27.9. The maximum absolute atomic E-state index is 12.1. The minimum absolute atomic E-state index is 0.0607. The average molecular weight is 1560 g/mol. The van der Waals surface area contributed by atoms with Gasteiger partial charge in [0.05, 0.1) is 72.4 Å². The predicted octanol–water partition coefficient (Wildman–Crippen LogP) is 16.0. The standard InChI is InChI=1S/C30H32N6O5.2C27H28N6O4/c1-16-33-22-7-5-17(13-24(22)40-16)20-15-32-26-25(20)28(41-19-9-11-30(2,38)12-10-19)36-29(35-26)34-21-8-6-18(27(37)31-3)14-23(21)39-4;2*1-6-14(2)36-26-23-18(16-7-9-20-22(11-16)37-15(3)30-20)13-29-24(23)32-27(33-26)31-19-10-8-17(25(34)28-4)12-21(19)35-5/h5-8,13-15,19,38H,9-12H2,1-4H3,(H,31,37)(H2,32,34,35,36);2*7-14H,6H2,1-5H3,(H,28,34)(H2,29,31,32,33)/t;2*14-/m.10/s1. The molecule has 3 amide bonds. The Labute approximate surface area is 659 Å². The van der Waals surface area contributed by atoms with Crippen LogP contribution in [0.5, 0.6) is 34.9 Å². The third-order valence-corrected chi connectivity index (χ3v) is 19.8. The summed E-state index contributed by atoms with van der Waals surface area (Å²) in [7, 11) is 9.36. The van der Waals surface area contributed by atoms with Crippen LogP contribution in [-0.4, -0.2) is 149 Å². The summed E-state index contributed by atoms with van der Waals surface area (Å²) < 4.78 is 52.8. The predicted molar refractivity (Wildman–Crippen MR) is 438 cm³/mol. The molecule has 6 aromatic carbocycles. The van der Waals surface area contributed by atoms with Crippen molar-refractivity contribution < 1.29 is 61.2 Å². The molecule has 115 heavy (non-hydrogen) atoms. The zero-order chi connectivity index (χ0) is 80.9. The number of anilines is 6. The Hall–Kier alpha value is -13.8. The smallest absolute Gasteiger partial charge is 0.251 e. The van der Waals surface area contributed by atoms with Gasteiger partial charge in [-0.25, -0.2) is 15.0 Å². The van der Waals surface area contributed by atoms with E-state index in [1.54, 1.807) is 90.0 Å². The van der Waals surface area contributed by atoms with Crippen molar-refractivity contribution in [3.8, 4) is 68.3 Å². The molecule has 0 bridgehead atoms. The third-order valence-electron chi connectivity index (χ3n) is 19.8. The second kappa shape index (κ2) is 33.2. The number of amides is 3. The van der Waals surface area contributed by atoms with Crippen molar-refractivity contribution >= 4 is 119 Å².